The Morgan fingerprint density at radius 1 is 1.26 bits per heavy atom. The molecule has 0 aliphatic rings. The van der Waals surface area contributed by atoms with Crippen molar-refractivity contribution in [2.24, 2.45) is 5.92 Å². The molecule has 0 atom stereocenters. The lowest BCUT2D eigenvalue weighted by Gasteiger charge is -2.04. The molecular formula is C14H20N6O3. The van der Waals surface area contributed by atoms with Gasteiger partial charge in [0.15, 0.2) is 0 Å². The van der Waals surface area contributed by atoms with Crippen LogP contribution in [0.15, 0.2) is 10.7 Å². The smallest absolute Gasteiger partial charge is 0.275 e. The summed E-state index contributed by atoms with van der Waals surface area (Å²) < 4.78 is 6.17. The Morgan fingerprint density at radius 2 is 1.91 bits per heavy atom. The maximum atomic E-state index is 12.4. The van der Waals surface area contributed by atoms with Crippen molar-refractivity contribution in [2.45, 2.75) is 40.7 Å². The van der Waals surface area contributed by atoms with Crippen LogP contribution in [0, 0.1) is 5.92 Å². The number of aryl methyl sites for hydroxylation is 1. The number of hydrogen-bond donors (Lipinski definition) is 2. The van der Waals surface area contributed by atoms with Gasteiger partial charge in [0.2, 0.25) is 17.5 Å². The first-order chi connectivity index (χ1) is 10.9. The minimum atomic E-state index is -0.392. The molecule has 2 aromatic heterocycles. The summed E-state index contributed by atoms with van der Waals surface area (Å²) >= 11 is 0. The van der Waals surface area contributed by atoms with Crippen LogP contribution in [0.5, 0.6) is 0 Å². The highest BCUT2D eigenvalue weighted by Crippen LogP contribution is 2.17. The lowest BCUT2D eigenvalue weighted by molar-refractivity contribution is -0.114. The van der Waals surface area contributed by atoms with Gasteiger partial charge in [0, 0.05) is 13.5 Å². The molecule has 2 heterocycles. The minimum absolute atomic E-state index is 0.0551. The quantitative estimate of drug-likeness (QED) is 0.837. The zero-order valence-electron chi connectivity index (χ0n) is 13.6. The summed E-state index contributed by atoms with van der Waals surface area (Å²) in [4.78, 5) is 23.5. The second-order valence-corrected chi connectivity index (χ2v) is 5.53. The number of rotatable bonds is 6. The van der Waals surface area contributed by atoms with Crippen molar-refractivity contribution < 1.29 is 14.2 Å². The molecule has 23 heavy (non-hydrogen) atoms. The van der Waals surface area contributed by atoms with Crippen LogP contribution in [0.1, 0.15) is 43.9 Å². The van der Waals surface area contributed by atoms with E-state index in [0.717, 1.165) is 12.1 Å². The third kappa shape index (κ3) is 4.15. The van der Waals surface area contributed by atoms with Crippen LogP contribution in [-0.2, 0) is 17.8 Å². The monoisotopic (exact) mass is 320 g/mol. The first-order valence-electron chi connectivity index (χ1n) is 7.39. The summed E-state index contributed by atoms with van der Waals surface area (Å²) in [7, 11) is 0. The van der Waals surface area contributed by atoms with Gasteiger partial charge in [0.25, 0.3) is 5.91 Å². The van der Waals surface area contributed by atoms with E-state index < -0.39 is 5.91 Å². The highest BCUT2D eigenvalue weighted by Gasteiger charge is 2.19. The lowest BCUT2D eigenvalue weighted by Crippen LogP contribution is -2.19. The Hall–Kier alpha value is -2.71. The van der Waals surface area contributed by atoms with Crippen molar-refractivity contribution >= 4 is 23.5 Å². The largest absolute Gasteiger partial charge is 0.305 e. The Kier molecular flexibility index (Phi) is 5.09. The fourth-order valence-electron chi connectivity index (χ4n) is 2.10. The van der Waals surface area contributed by atoms with Gasteiger partial charge in [-0.25, -0.2) is 4.63 Å². The molecule has 0 bridgehead atoms. The van der Waals surface area contributed by atoms with E-state index >= 15 is 0 Å². The van der Waals surface area contributed by atoms with E-state index in [9.17, 15) is 9.59 Å². The van der Waals surface area contributed by atoms with Gasteiger partial charge < -0.3 is 5.32 Å². The van der Waals surface area contributed by atoms with Crippen LogP contribution in [0.4, 0.5) is 11.6 Å². The molecule has 2 aromatic rings. The molecular weight excluding hydrogens is 300 g/mol. The molecule has 9 heteroatoms. The molecule has 9 nitrogen and oxygen atoms in total. The minimum Gasteiger partial charge on any atom is -0.305 e. The summed E-state index contributed by atoms with van der Waals surface area (Å²) in [6, 6.07) is 1.75. The highest BCUT2D eigenvalue weighted by molar-refractivity contribution is 6.04. The summed E-state index contributed by atoms with van der Waals surface area (Å²) in [6.07, 6.45) is 0.788. The van der Waals surface area contributed by atoms with Gasteiger partial charge >= 0.3 is 0 Å². The first-order valence-corrected chi connectivity index (χ1v) is 7.39. The average Bonchev–Trinajstić information content (AvgIpc) is 3.04. The molecule has 0 aliphatic carbocycles. The second-order valence-electron chi connectivity index (χ2n) is 5.53. The van der Waals surface area contributed by atoms with Crippen LogP contribution in [0.2, 0.25) is 0 Å². The fourth-order valence-corrected chi connectivity index (χ4v) is 2.10. The van der Waals surface area contributed by atoms with E-state index in [0.29, 0.717) is 18.2 Å². The lowest BCUT2D eigenvalue weighted by atomic mass is 10.1. The molecule has 0 aliphatic heterocycles. The van der Waals surface area contributed by atoms with Gasteiger partial charge in [0.05, 0.1) is 5.69 Å². The fraction of sp³-hybridized carbons (Fsp3) is 0.500. The SMILES string of the molecule is CCn1nc(CC(C)C)cc1C(=O)Nc1nonc1NC(C)=O. The average molecular weight is 320 g/mol. The predicted octanol–water partition coefficient (Wildman–Crippen LogP) is 1.70. The zero-order chi connectivity index (χ0) is 17.0. The normalized spacial score (nSPS) is 10.8. The summed E-state index contributed by atoms with van der Waals surface area (Å²) in [5.41, 5.74) is 1.27. The van der Waals surface area contributed by atoms with E-state index in [1.54, 1.807) is 10.7 Å². The van der Waals surface area contributed by atoms with Gasteiger partial charge in [-0.1, -0.05) is 13.8 Å². The Morgan fingerprint density at radius 3 is 2.48 bits per heavy atom. The molecule has 0 fully saturated rings. The standard InChI is InChI=1S/C14H20N6O3/c1-5-20-11(7-10(17-20)6-8(2)3)14(22)16-13-12(15-9(4)21)18-23-19-13/h7-8H,5-6H2,1-4H3,(H,15,18,21)(H,16,19,22). The second kappa shape index (κ2) is 7.03. The van der Waals surface area contributed by atoms with Crippen LogP contribution in [0.25, 0.3) is 0 Å². The molecule has 0 unspecified atom stereocenters. The number of aromatic nitrogens is 4. The summed E-state index contributed by atoms with van der Waals surface area (Å²) in [6.45, 7) is 7.97. The van der Waals surface area contributed by atoms with Crippen LogP contribution in [-0.4, -0.2) is 31.9 Å². The van der Waals surface area contributed by atoms with Gasteiger partial charge in [-0.05, 0) is 35.6 Å². The van der Waals surface area contributed by atoms with Gasteiger partial charge in [-0.3, -0.25) is 19.6 Å². The van der Waals surface area contributed by atoms with E-state index in [1.165, 1.54) is 6.92 Å². The number of nitrogens with one attached hydrogen (secondary N) is 2. The first kappa shape index (κ1) is 16.7. The van der Waals surface area contributed by atoms with Gasteiger partial charge in [-0.15, -0.1) is 0 Å². The Balaban J connectivity index is 2.19. The van der Waals surface area contributed by atoms with Crippen molar-refractivity contribution in [1.82, 2.24) is 20.1 Å². The van der Waals surface area contributed by atoms with Crippen molar-refractivity contribution in [3.63, 3.8) is 0 Å². The molecule has 0 saturated carbocycles. The third-order valence-electron chi connectivity index (χ3n) is 3.00. The van der Waals surface area contributed by atoms with Crippen molar-refractivity contribution in [3.05, 3.63) is 17.5 Å². The van der Waals surface area contributed by atoms with Crippen LogP contribution in [0.3, 0.4) is 0 Å². The summed E-state index contributed by atoms with van der Waals surface area (Å²) in [5, 5.41) is 16.5. The molecule has 0 aromatic carbocycles. The number of carbonyl (C=O) groups excluding carboxylic acids is 2. The van der Waals surface area contributed by atoms with Crippen molar-refractivity contribution in [1.29, 1.82) is 0 Å². The number of carbonyl (C=O) groups is 2. The number of hydrogen-bond acceptors (Lipinski definition) is 6. The molecule has 2 N–H and O–H groups in total. The van der Waals surface area contributed by atoms with Gasteiger partial charge in [0.1, 0.15) is 5.69 Å². The molecule has 0 radical (unpaired) electrons. The maximum Gasteiger partial charge on any atom is 0.275 e. The number of anilines is 2. The number of nitrogens with zero attached hydrogens (tertiary/aromatic N) is 4. The molecule has 0 spiro atoms. The van der Waals surface area contributed by atoms with E-state index in [1.807, 2.05) is 6.92 Å². The van der Waals surface area contributed by atoms with Crippen LogP contribution >= 0.6 is 0 Å². The molecule has 2 amide bonds. The van der Waals surface area contributed by atoms with Crippen molar-refractivity contribution in [2.75, 3.05) is 10.6 Å². The maximum absolute atomic E-state index is 12.4. The topological polar surface area (TPSA) is 115 Å². The van der Waals surface area contributed by atoms with Crippen molar-refractivity contribution in [3.8, 4) is 0 Å². The van der Waals surface area contributed by atoms with Crippen LogP contribution < -0.4 is 10.6 Å². The molecule has 2 rings (SSSR count). The predicted molar refractivity (Wildman–Crippen MR) is 83.0 cm³/mol. The third-order valence-corrected chi connectivity index (χ3v) is 3.00. The van der Waals surface area contributed by atoms with E-state index in [4.69, 9.17) is 0 Å². The zero-order valence-corrected chi connectivity index (χ0v) is 13.6. The molecule has 124 valence electrons. The summed E-state index contributed by atoms with van der Waals surface area (Å²) in [5.74, 6) is -0.168. The number of amides is 2. The van der Waals surface area contributed by atoms with E-state index in [-0.39, 0.29) is 17.5 Å². The molecule has 0 saturated heterocycles. The Bertz CT molecular complexity index is 703. The van der Waals surface area contributed by atoms with E-state index in [2.05, 4.69) is 44.5 Å². The van der Waals surface area contributed by atoms with Gasteiger partial charge in [-0.2, -0.15) is 5.10 Å². The highest BCUT2D eigenvalue weighted by atomic mass is 16.6. The Labute approximate surface area is 133 Å².